The van der Waals surface area contributed by atoms with Gasteiger partial charge in [-0.2, -0.15) is 0 Å². The number of hydrogen-bond donors (Lipinski definition) is 2. The van der Waals surface area contributed by atoms with Crippen LogP contribution in [-0.2, 0) is 18.4 Å². The van der Waals surface area contributed by atoms with Crippen LogP contribution in [0.2, 0.25) is 0 Å². The van der Waals surface area contributed by atoms with Crippen LogP contribution in [0.5, 0.6) is 0 Å². The van der Waals surface area contributed by atoms with Crippen LogP contribution in [0.25, 0.3) is 0 Å². The first-order valence-corrected chi connectivity index (χ1v) is 5.66. The van der Waals surface area contributed by atoms with Crippen LogP contribution in [0, 0.1) is 0 Å². The van der Waals surface area contributed by atoms with E-state index in [0.717, 1.165) is 22.0 Å². The molecule has 1 aliphatic rings. The molecule has 0 radical (unpaired) electrons. The van der Waals surface area contributed by atoms with Crippen LogP contribution in [0.1, 0.15) is 12.8 Å². The molecule has 1 fully saturated rings. The van der Waals surface area contributed by atoms with Crippen molar-refractivity contribution < 1.29 is 9.90 Å². The number of carbonyl (C=O) groups excluding carboxylic acids is 1. The number of nitrogens with zero attached hydrogens (tertiary/aromatic N) is 2. The molecule has 1 aromatic heterocycles. The highest BCUT2D eigenvalue weighted by atomic mass is 16.3. The first-order valence-electron chi connectivity index (χ1n) is 5.66. The topological polar surface area (TPSA) is 93.3 Å². The van der Waals surface area contributed by atoms with E-state index in [1.54, 1.807) is 0 Å². The van der Waals surface area contributed by atoms with Crippen LogP contribution < -0.4 is 16.6 Å². The van der Waals surface area contributed by atoms with Gasteiger partial charge in [0.2, 0.25) is 5.91 Å². The fourth-order valence-corrected chi connectivity index (χ4v) is 1.70. The van der Waals surface area contributed by atoms with Crippen molar-refractivity contribution in [3.05, 3.63) is 33.1 Å². The molecule has 2 rings (SSSR count). The fraction of sp³-hybridized carbons (Fsp3) is 0.545. The quantitative estimate of drug-likeness (QED) is 0.661. The summed E-state index contributed by atoms with van der Waals surface area (Å²) in [4.78, 5) is 34.6. The molecule has 1 amide bonds. The lowest BCUT2D eigenvalue weighted by atomic mass is 10.3. The third-order valence-electron chi connectivity index (χ3n) is 3.14. The molecule has 0 bridgehead atoms. The molecular formula is C11H15N3O4. The van der Waals surface area contributed by atoms with Crippen LogP contribution in [-0.4, -0.2) is 32.3 Å². The lowest BCUT2D eigenvalue weighted by Crippen LogP contribution is -2.44. The number of rotatable bonds is 4. The second-order valence-electron chi connectivity index (χ2n) is 4.61. The summed E-state index contributed by atoms with van der Waals surface area (Å²) >= 11 is 0. The largest absolute Gasteiger partial charge is 0.394 e. The molecule has 98 valence electrons. The molecule has 0 atom stereocenters. The number of aliphatic hydroxyl groups excluding tert-OH is 1. The molecule has 7 heteroatoms. The van der Waals surface area contributed by atoms with E-state index >= 15 is 0 Å². The van der Waals surface area contributed by atoms with Gasteiger partial charge >= 0.3 is 5.69 Å². The summed E-state index contributed by atoms with van der Waals surface area (Å²) in [5.74, 6) is -0.345. The van der Waals surface area contributed by atoms with Gasteiger partial charge in [0.05, 0.1) is 12.1 Å². The second kappa shape index (κ2) is 4.41. The molecule has 18 heavy (non-hydrogen) atoms. The van der Waals surface area contributed by atoms with Crippen molar-refractivity contribution in [1.82, 2.24) is 14.5 Å². The maximum absolute atomic E-state index is 11.7. The Hall–Kier alpha value is -1.89. The molecule has 0 aromatic carbocycles. The predicted octanol–water partition coefficient (Wildman–Crippen LogP) is -1.81. The van der Waals surface area contributed by atoms with E-state index < -0.39 is 16.8 Å². The van der Waals surface area contributed by atoms with Crippen LogP contribution in [0.3, 0.4) is 0 Å². The SMILES string of the molecule is Cn1c(=O)ccn(CC(=O)NC2(CO)CC2)c1=O. The summed E-state index contributed by atoms with van der Waals surface area (Å²) in [6.07, 6.45) is 2.79. The zero-order valence-electron chi connectivity index (χ0n) is 10.0. The van der Waals surface area contributed by atoms with Gasteiger partial charge in [-0.15, -0.1) is 0 Å². The van der Waals surface area contributed by atoms with Crippen molar-refractivity contribution in [2.75, 3.05) is 6.61 Å². The molecule has 1 saturated carbocycles. The highest BCUT2D eigenvalue weighted by molar-refractivity contribution is 5.77. The highest BCUT2D eigenvalue weighted by Gasteiger charge is 2.43. The number of nitrogens with one attached hydrogen (secondary N) is 1. The van der Waals surface area contributed by atoms with Crippen molar-refractivity contribution in [3.8, 4) is 0 Å². The van der Waals surface area contributed by atoms with Gasteiger partial charge in [-0.3, -0.25) is 18.7 Å². The third kappa shape index (κ3) is 2.35. The summed E-state index contributed by atoms with van der Waals surface area (Å²) in [6, 6.07) is 1.23. The first-order chi connectivity index (χ1) is 8.47. The molecule has 0 unspecified atom stereocenters. The van der Waals surface area contributed by atoms with Gasteiger partial charge in [-0.05, 0) is 12.8 Å². The number of aromatic nitrogens is 2. The molecule has 7 nitrogen and oxygen atoms in total. The molecule has 0 spiro atoms. The van der Waals surface area contributed by atoms with Gasteiger partial charge in [-0.25, -0.2) is 4.79 Å². The molecule has 1 aliphatic carbocycles. The van der Waals surface area contributed by atoms with Gasteiger partial charge in [0.1, 0.15) is 6.54 Å². The van der Waals surface area contributed by atoms with Crippen LogP contribution in [0.15, 0.2) is 21.9 Å². The Balaban J connectivity index is 2.10. The predicted molar refractivity (Wildman–Crippen MR) is 63.1 cm³/mol. The molecule has 0 aliphatic heterocycles. The Bertz CT molecular complexity index is 583. The van der Waals surface area contributed by atoms with E-state index in [4.69, 9.17) is 5.11 Å². The maximum atomic E-state index is 11.7. The normalized spacial score (nSPS) is 16.3. The van der Waals surface area contributed by atoms with E-state index in [0.29, 0.717) is 0 Å². The first kappa shape index (κ1) is 12.6. The van der Waals surface area contributed by atoms with Crippen molar-refractivity contribution in [1.29, 1.82) is 0 Å². The minimum absolute atomic E-state index is 0.0963. The van der Waals surface area contributed by atoms with Gasteiger partial charge in [0.15, 0.2) is 0 Å². The van der Waals surface area contributed by atoms with Crippen molar-refractivity contribution in [2.45, 2.75) is 24.9 Å². The van der Waals surface area contributed by atoms with Gasteiger partial charge < -0.3 is 10.4 Å². The van der Waals surface area contributed by atoms with E-state index in [2.05, 4.69) is 5.32 Å². The van der Waals surface area contributed by atoms with Crippen molar-refractivity contribution >= 4 is 5.91 Å². The number of aliphatic hydroxyl groups is 1. The zero-order chi connectivity index (χ0) is 13.3. The summed E-state index contributed by atoms with van der Waals surface area (Å²) in [5.41, 5.74) is -1.45. The standard InChI is InChI=1S/C11H15N3O4/c1-13-9(17)2-5-14(10(13)18)6-8(16)12-11(7-15)3-4-11/h2,5,15H,3-4,6-7H2,1H3,(H,12,16). The summed E-state index contributed by atoms with van der Waals surface area (Å²) < 4.78 is 2.09. The Kier molecular flexibility index (Phi) is 3.08. The van der Waals surface area contributed by atoms with Crippen LogP contribution >= 0.6 is 0 Å². The van der Waals surface area contributed by atoms with Gasteiger partial charge in [0, 0.05) is 19.3 Å². The Labute approximate surface area is 103 Å². The third-order valence-corrected chi connectivity index (χ3v) is 3.14. The van der Waals surface area contributed by atoms with Gasteiger partial charge in [0.25, 0.3) is 5.56 Å². The lowest BCUT2D eigenvalue weighted by molar-refractivity contribution is -0.123. The fourth-order valence-electron chi connectivity index (χ4n) is 1.70. The maximum Gasteiger partial charge on any atom is 0.331 e. The molecule has 0 saturated heterocycles. The number of hydrogen-bond acceptors (Lipinski definition) is 4. The zero-order valence-corrected chi connectivity index (χ0v) is 10.0. The lowest BCUT2D eigenvalue weighted by Gasteiger charge is -2.14. The van der Waals surface area contributed by atoms with Crippen molar-refractivity contribution in [2.24, 2.45) is 7.05 Å². The van der Waals surface area contributed by atoms with Gasteiger partial charge in [-0.1, -0.05) is 0 Å². The van der Waals surface area contributed by atoms with E-state index in [9.17, 15) is 14.4 Å². The number of carbonyl (C=O) groups is 1. The smallest absolute Gasteiger partial charge is 0.331 e. The monoisotopic (exact) mass is 253 g/mol. The average molecular weight is 253 g/mol. The van der Waals surface area contributed by atoms with E-state index in [1.807, 2.05) is 0 Å². The molecular weight excluding hydrogens is 238 g/mol. The summed E-state index contributed by atoms with van der Waals surface area (Å²) in [6.45, 7) is -0.254. The van der Waals surface area contributed by atoms with Crippen LogP contribution in [0.4, 0.5) is 0 Å². The number of amides is 1. The molecule has 1 aromatic rings. The van der Waals surface area contributed by atoms with E-state index in [-0.39, 0.29) is 19.1 Å². The molecule has 2 N–H and O–H groups in total. The second-order valence-corrected chi connectivity index (χ2v) is 4.61. The Morgan fingerprint density at radius 3 is 2.72 bits per heavy atom. The Morgan fingerprint density at radius 1 is 1.50 bits per heavy atom. The average Bonchev–Trinajstić information content (AvgIpc) is 3.10. The van der Waals surface area contributed by atoms with Crippen molar-refractivity contribution in [3.63, 3.8) is 0 Å². The molecule has 1 heterocycles. The Morgan fingerprint density at radius 2 is 2.17 bits per heavy atom. The summed E-state index contributed by atoms with van der Waals surface area (Å²) in [5, 5.41) is 11.8. The summed E-state index contributed by atoms with van der Waals surface area (Å²) in [7, 11) is 1.36. The minimum Gasteiger partial charge on any atom is -0.394 e. The van der Waals surface area contributed by atoms with E-state index in [1.165, 1.54) is 19.3 Å². The minimum atomic E-state index is -0.536. The highest BCUT2D eigenvalue weighted by Crippen LogP contribution is 2.34.